The number of phenols is 1. The first-order valence-electron chi connectivity index (χ1n) is 25.4. The highest BCUT2D eigenvalue weighted by Crippen LogP contribution is 2.63. The van der Waals surface area contributed by atoms with Gasteiger partial charge in [0.25, 0.3) is 5.91 Å². The molecule has 1 amide bonds. The van der Waals surface area contributed by atoms with Gasteiger partial charge in [0.1, 0.15) is 11.8 Å². The smallest absolute Gasteiger partial charge is 0.453 e. The van der Waals surface area contributed by atoms with Crippen molar-refractivity contribution in [1.29, 1.82) is 0 Å². The standard InChI is InChI=1S/C32H47F5O3S.C20H22N8O5/c1-30-17-15-26-25-12-11-24(38)21-23(25)20-22(29(26)27(30)13-14-28(30)39)10-7-5-3-2-4-6-8-18-41(40)19-9-16-31(33,34)32(35,36)37;1-28(9-11-8-23-17-15(24-11)16(21)26-20(22)27-17)12-4-2-10(3-5-12)18(31)25-13(19(32)33)6-7-14(29)30/h11-12,21-22,26-29,38-39H,2-10,13-20H2,1H3;2-5,8,13H,6-7,9H2,1H3,(H,25,31)(H,29,30)(H,32,33)(H4,21,22,23,26,27)/t22-,26-,27+,28+,29-,30+,41?;13-/m10/s1. The predicted molar refractivity (Wildman–Crippen MR) is 271 cm³/mol. The molecule has 2 heterocycles. The van der Waals surface area contributed by atoms with Gasteiger partial charge in [-0.15, -0.1) is 0 Å². The zero-order chi connectivity index (χ0) is 54.0. The van der Waals surface area contributed by atoms with Crippen molar-refractivity contribution in [2.45, 2.75) is 153 Å². The summed E-state index contributed by atoms with van der Waals surface area (Å²) in [6, 6.07) is 11.1. The minimum atomic E-state index is -5.54. The maximum Gasteiger partial charge on any atom is 0.453 e. The fourth-order valence-corrected chi connectivity index (χ4v) is 12.5. The number of aromatic nitrogens is 4. The van der Waals surface area contributed by atoms with Crippen LogP contribution in [0.5, 0.6) is 5.75 Å². The van der Waals surface area contributed by atoms with E-state index in [4.69, 9.17) is 16.6 Å². The fraction of sp³-hybridized carbons (Fsp3) is 0.596. The highest BCUT2D eigenvalue weighted by atomic mass is 32.2. The molecule has 0 radical (unpaired) electrons. The number of fused-ring (bicyclic) bond motifs is 6. The molecule has 74 heavy (non-hydrogen) atoms. The lowest BCUT2D eigenvalue weighted by molar-refractivity contribution is -0.284. The number of alkyl halides is 5. The molecule has 8 atom stereocenters. The highest BCUT2D eigenvalue weighted by Gasteiger charge is 2.57. The van der Waals surface area contributed by atoms with Crippen molar-refractivity contribution in [3.8, 4) is 5.75 Å². The first-order chi connectivity index (χ1) is 35.0. The van der Waals surface area contributed by atoms with E-state index in [1.54, 1.807) is 18.3 Å². The molecule has 9 N–H and O–H groups in total. The Hall–Kier alpha value is -5.77. The minimum absolute atomic E-state index is 0.0138. The molecular weight excluding hydrogens is 992 g/mol. The van der Waals surface area contributed by atoms with Gasteiger partial charge in [-0.2, -0.15) is 31.9 Å². The summed E-state index contributed by atoms with van der Waals surface area (Å²) in [5.41, 5.74) is 16.4. The zero-order valence-electron chi connectivity index (χ0n) is 41.8. The molecule has 0 saturated heterocycles. The van der Waals surface area contributed by atoms with Gasteiger partial charge in [0.2, 0.25) is 5.95 Å². The minimum Gasteiger partial charge on any atom is -0.508 e. The van der Waals surface area contributed by atoms with Crippen molar-refractivity contribution in [3.63, 3.8) is 0 Å². The number of carboxylic acids is 2. The molecule has 406 valence electrons. The second-order valence-electron chi connectivity index (χ2n) is 20.4. The number of aromatic hydroxyl groups is 1. The van der Waals surface area contributed by atoms with Crippen LogP contribution in [-0.4, -0.2) is 105 Å². The van der Waals surface area contributed by atoms with Gasteiger partial charge < -0.3 is 42.1 Å². The number of amides is 1. The van der Waals surface area contributed by atoms with Crippen molar-refractivity contribution < 1.29 is 61.0 Å². The summed E-state index contributed by atoms with van der Waals surface area (Å²) in [7, 11) is 0.461. The van der Waals surface area contributed by atoms with Crippen LogP contribution in [0.15, 0.2) is 48.7 Å². The number of hydrogen-bond donors (Lipinski definition) is 7. The summed E-state index contributed by atoms with van der Waals surface area (Å²) in [6.45, 7) is 2.67. The van der Waals surface area contributed by atoms with Gasteiger partial charge in [-0.1, -0.05) is 51.5 Å². The number of rotatable bonds is 23. The van der Waals surface area contributed by atoms with E-state index in [0.717, 1.165) is 82.7 Å². The SMILES string of the molecule is CN(Cc1cnc2nc(N)nc(N)c2n1)c1ccc(C(=O)N[C@@H](CCC(=O)O)C(=O)O)cc1.C[C@]12CC[C@@H]3c4ccc(O)cc4C[C@@H](CCCCCCCCCS(=O)CCCC(F)(F)C(F)(F)F)[C@H]3[C@@H]1CC[C@@H]2O. The average Bonchev–Trinajstić information content (AvgIpc) is 3.64. The number of aliphatic hydroxyl groups excluding tert-OH is 1. The molecule has 0 aliphatic heterocycles. The normalized spacial score (nSPS) is 22.1. The number of nitrogen functional groups attached to an aromatic ring is 2. The summed E-state index contributed by atoms with van der Waals surface area (Å²) in [6.07, 6.45) is 6.94. The lowest BCUT2D eigenvalue weighted by Crippen LogP contribution is -2.47. The highest BCUT2D eigenvalue weighted by molar-refractivity contribution is 7.84. The third kappa shape index (κ3) is 14.7. The Morgan fingerprint density at radius 1 is 0.905 bits per heavy atom. The van der Waals surface area contributed by atoms with E-state index in [1.807, 2.05) is 24.1 Å². The van der Waals surface area contributed by atoms with Crippen LogP contribution < -0.4 is 21.7 Å². The number of benzene rings is 2. The summed E-state index contributed by atoms with van der Waals surface area (Å²) in [5, 5.41) is 41.2. The number of unbranched alkanes of at least 4 members (excludes halogenated alkanes) is 6. The molecule has 22 heteroatoms. The molecule has 1 unspecified atom stereocenters. The number of phenolic OH excluding ortho intramolecular Hbond substituents is 1. The number of aliphatic hydroxyl groups is 1. The van der Waals surface area contributed by atoms with Gasteiger partial charge in [0, 0.05) is 53.4 Å². The van der Waals surface area contributed by atoms with Gasteiger partial charge in [-0.05, 0) is 134 Å². The lowest BCUT2D eigenvalue weighted by atomic mass is 9.52. The Morgan fingerprint density at radius 3 is 2.26 bits per heavy atom. The van der Waals surface area contributed by atoms with E-state index in [0.29, 0.717) is 65.0 Å². The monoisotopic (exact) mass is 1060 g/mol. The van der Waals surface area contributed by atoms with Crippen molar-refractivity contribution >= 4 is 57.3 Å². The van der Waals surface area contributed by atoms with Crippen LogP contribution in [0.25, 0.3) is 11.2 Å². The van der Waals surface area contributed by atoms with Gasteiger partial charge in [-0.3, -0.25) is 13.8 Å². The van der Waals surface area contributed by atoms with Crippen LogP contribution in [-0.2, 0) is 33.4 Å². The first-order valence-corrected chi connectivity index (χ1v) is 26.9. The average molecular weight is 1060 g/mol. The van der Waals surface area contributed by atoms with Crippen LogP contribution in [0, 0.1) is 23.2 Å². The molecule has 16 nitrogen and oxygen atoms in total. The molecule has 2 aromatic heterocycles. The van der Waals surface area contributed by atoms with Gasteiger partial charge in [0.15, 0.2) is 17.0 Å². The number of anilines is 3. The number of halogens is 5. The quantitative estimate of drug-likeness (QED) is 0.0270. The Morgan fingerprint density at radius 2 is 1.58 bits per heavy atom. The maximum absolute atomic E-state index is 13.0. The molecule has 3 aliphatic carbocycles. The molecule has 2 saturated carbocycles. The summed E-state index contributed by atoms with van der Waals surface area (Å²) >= 11 is 0. The van der Waals surface area contributed by atoms with Crippen molar-refractivity contribution in [1.82, 2.24) is 25.3 Å². The Kier molecular flexibility index (Phi) is 19.6. The van der Waals surface area contributed by atoms with Gasteiger partial charge in [0.05, 0.1) is 24.5 Å². The summed E-state index contributed by atoms with van der Waals surface area (Å²) < 4.78 is 74.5. The van der Waals surface area contributed by atoms with Gasteiger partial charge >= 0.3 is 24.0 Å². The van der Waals surface area contributed by atoms with E-state index in [9.17, 15) is 55.9 Å². The number of carbonyl (C=O) groups is 3. The Balaban J connectivity index is 0.000000247. The summed E-state index contributed by atoms with van der Waals surface area (Å²) in [4.78, 5) is 52.7. The van der Waals surface area contributed by atoms with Crippen LogP contribution in [0.4, 0.5) is 39.4 Å². The topological polar surface area (TPSA) is 268 Å². The van der Waals surface area contributed by atoms with E-state index in [1.165, 1.54) is 23.3 Å². The van der Waals surface area contributed by atoms with E-state index >= 15 is 0 Å². The molecule has 7 rings (SSSR count). The molecule has 4 aromatic rings. The number of carboxylic acid groups (broad SMARTS) is 2. The van der Waals surface area contributed by atoms with E-state index in [2.05, 4.69) is 38.2 Å². The molecule has 3 aliphatic rings. The number of nitrogens with zero attached hydrogens (tertiary/aromatic N) is 5. The van der Waals surface area contributed by atoms with Crippen molar-refractivity contribution in [2.24, 2.45) is 23.2 Å². The van der Waals surface area contributed by atoms with Crippen LogP contribution in [0.1, 0.15) is 143 Å². The number of aliphatic carboxylic acids is 2. The number of nitrogens with one attached hydrogen (secondary N) is 1. The maximum atomic E-state index is 13.0. The zero-order valence-corrected chi connectivity index (χ0v) is 42.7. The fourth-order valence-electron chi connectivity index (χ4n) is 11.3. The number of hydrogen-bond acceptors (Lipinski definition) is 13. The third-order valence-corrected chi connectivity index (χ3v) is 16.8. The molecule has 2 aromatic carbocycles. The Labute approximate surface area is 429 Å². The second-order valence-corrected chi connectivity index (χ2v) is 22.1. The van der Waals surface area contributed by atoms with Crippen molar-refractivity contribution in [2.75, 3.05) is 34.9 Å². The van der Waals surface area contributed by atoms with E-state index in [-0.39, 0.29) is 47.4 Å². The lowest BCUT2D eigenvalue weighted by Gasteiger charge is -2.53. The van der Waals surface area contributed by atoms with Crippen LogP contribution in [0.3, 0.4) is 0 Å². The van der Waals surface area contributed by atoms with Crippen molar-refractivity contribution in [3.05, 3.63) is 71.0 Å². The Bertz CT molecular complexity index is 2600. The first kappa shape index (κ1) is 57.5. The molecule has 0 bridgehead atoms. The molecular formula is C52H69F5N8O8S. The van der Waals surface area contributed by atoms with E-state index < -0.39 is 59.6 Å². The molecule has 2 fully saturated rings. The largest absolute Gasteiger partial charge is 0.508 e. The van der Waals surface area contributed by atoms with Crippen LogP contribution in [0.2, 0.25) is 0 Å². The van der Waals surface area contributed by atoms with Gasteiger partial charge in [-0.25, -0.2) is 14.8 Å². The number of carbonyl (C=O) groups excluding carboxylic acids is 1. The van der Waals surface area contributed by atoms with Crippen LogP contribution >= 0.6 is 0 Å². The number of nitrogens with two attached hydrogens (primary N) is 2. The third-order valence-electron chi connectivity index (χ3n) is 15.3. The molecule has 0 spiro atoms. The summed E-state index contributed by atoms with van der Waals surface area (Å²) in [5.74, 6) is -4.82. The predicted octanol–water partition coefficient (Wildman–Crippen LogP) is 8.95. The second kappa shape index (κ2) is 25.2.